The Hall–Kier alpha value is -1.69. The van der Waals surface area contributed by atoms with Crippen LogP contribution >= 0.6 is 0 Å². The molecule has 0 radical (unpaired) electrons. The highest BCUT2D eigenvalue weighted by molar-refractivity contribution is 5.85. The van der Waals surface area contributed by atoms with Crippen LogP contribution in [0.4, 0.5) is 8.78 Å². The number of rotatable bonds is 6. The highest BCUT2D eigenvalue weighted by Crippen LogP contribution is 2.35. The van der Waals surface area contributed by atoms with Crippen molar-refractivity contribution in [3.8, 4) is 5.75 Å². The number of para-hydroxylation sites is 1. The number of hydrogen-bond acceptors (Lipinski definition) is 3. The molecule has 1 amide bonds. The van der Waals surface area contributed by atoms with Crippen molar-refractivity contribution in [3.05, 3.63) is 29.8 Å². The third-order valence-corrected chi connectivity index (χ3v) is 2.21. The summed E-state index contributed by atoms with van der Waals surface area (Å²) in [5.41, 5.74) is -0.484. The van der Waals surface area contributed by atoms with Crippen LogP contribution in [0, 0.1) is 0 Å². The van der Waals surface area contributed by atoms with Gasteiger partial charge in [-0.05, 0) is 19.1 Å². The maximum absolute atomic E-state index is 13.9. The summed E-state index contributed by atoms with van der Waals surface area (Å²) in [4.78, 5) is 11.4. The van der Waals surface area contributed by atoms with Crippen molar-refractivity contribution in [1.29, 1.82) is 0 Å². The number of amides is 1. The largest absolute Gasteiger partial charge is 0.493 e. The van der Waals surface area contributed by atoms with Crippen LogP contribution in [0.2, 0.25) is 0 Å². The van der Waals surface area contributed by atoms with Crippen LogP contribution < -0.4 is 10.1 Å². The smallest absolute Gasteiger partial charge is 0.353 e. The summed E-state index contributed by atoms with van der Waals surface area (Å²) < 4.78 is 32.8. The topological polar surface area (TPSA) is 58.6 Å². The van der Waals surface area contributed by atoms with E-state index in [0.29, 0.717) is 0 Å². The molecule has 0 unspecified atom stereocenters. The van der Waals surface area contributed by atoms with Gasteiger partial charge in [-0.25, -0.2) is 0 Å². The van der Waals surface area contributed by atoms with Gasteiger partial charge in [0.05, 0.1) is 18.8 Å². The molecule has 0 heterocycles. The second kappa shape index (κ2) is 6.30. The fourth-order valence-electron chi connectivity index (χ4n) is 1.41. The molecule has 6 heteroatoms. The summed E-state index contributed by atoms with van der Waals surface area (Å²) in [5.74, 6) is -5.17. The van der Waals surface area contributed by atoms with Crippen LogP contribution in [-0.2, 0) is 10.7 Å². The lowest BCUT2D eigenvalue weighted by atomic mass is 10.1. The van der Waals surface area contributed by atoms with Gasteiger partial charge in [0.1, 0.15) is 5.75 Å². The molecule has 100 valence electrons. The van der Waals surface area contributed by atoms with Crippen molar-refractivity contribution in [1.82, 2.24) is 5.32 Å². The van der Waals surface area contributed by atoms with Crippen LogP contribution in [0.5, 0.6) is 5.75 Å². The van der Waals surface area contributed by atoms with Crippen molar-refractivity contribution in [2.24, 2.45) is 0 Å². The van der Waals surface area contributed by atoms with Crippen molar-refractivity contribution in [3.63, 3.8) is 0 Å². The number of alkyl halides is 2. The van der Waals surface area contributed by atoms with Crippen LogP contribution in [0.3, 0.4) is 0 Å². The van der Waals surface area contributed by atoms with Crippen LogP contribution in [0.15, 0.2) is 24.3 Å². The summed E-state index contributed by atoms with van der Waals surface area (Å²) >= 11 is 0. The number of ether oxygens (including phenoxy) is 1. The summed E-state index contributed by atoms with van der Waals surface area (Å²) in [6.07, 6.45) is 0. The Morgan fingerprint density at radius 1 is 1.44 bits per heavy atom. The molecule has 0 aliphatic heterocycles. The van der Waals surface area contributed by atoms with Crippen molar-refractivity contribution in [2.75, 3.05) is 19.8 Å². The summed E-state index contributed by atoms with van der Waals surface area (Å²) in [7, 11) is 0. The van der Waals surface area contributed by atoms with E-state index in [1.165, 1.54) is 12.1 Å². The van der Waals surface area contributed by atoms with E-state index >= 15 is 0 Å². The quantitative estimate of drug-likeness (QED) is 0.809. The Bertz CT molecular complexity index is 410. The van der Waals surface area contributed by atoms with Crippen LogP contribution in [0.1, 0.15) is 12.5 Å². The molecule has 0 spiro atoms. The number of hydrogen-bond donors (Lipinski definition) is 2. The monoisotopic (exact) mass is 259 g/mol. The summed E-state index contributed by atoms with van der Waals surface area (Å²) in [6.45, 7) is 1.28. The van der Waals surface area contributed by atoms with Gasteiger partial charge in [0.15, 0.2) is 0 Å². The summed E-state index contributed by atoms with van der Waals surface area (Å²) in [6, 6.07) is 5.48. The predicted octanol–water partition coefficient (Wildman–Crippen LogP) is 1.29. The fraction of sp³-hybridized carbons (Fsp3) is 0.417. The van der Waals surface area contributed by atoms with E-state index in [4.69, 9.17) is 9.84 Å². The molecule has 1 aromatic carbocycles. The van der Waals surface area contributed by atoms with Gasteiger partial charge in [-0.3, -0.25) is 4.79 Å². The number of carbonyl (C=O) groups excluding carboxylic acids is 1. The van der Waals surface area contributed by atoms with Crippen molar-refractivity contribution in [2.45, 2.75) is 12.8 Å². The van der Waals surface area contributed by atoms with Gasteiger partial charge >= 0.3 is 5.92 Å². The second-order valence-corrected chi connectivity index (χ2v) is 3.48. The minimum absolute atomic E-state index is 0.0239. The SMILES string of the molecule is CCOc1ccccc1C(F)(F)C(=O)NCCO. The number of carbonyl (C=O) groups is 1. The third kappa shape index (κ3) is 3.16. The first-order chi connectivity index (χ1) is 8.54. The van der Waals surface area contributed by atoms with E-state index in [1.807, 2.05) is 5.32 Å². The third-order valence-electron chi connectivity index (χ3n) is 2.21. The van der Waals surface area contributed by atoms with Gasteiger partial charge in [-0.1, -0.05) is 12.1 Å². The lowest BCUT2D eigenvalue weighted by Gasteiger charge is -2.19. The zero-order valence-corrected chi connectivity index (χ0v) is 9.95. The summed E-state index contributed by atoms with van der Waals surface area (Å²) in [5, 5.41) is 10.5. The number of aliphatic hydroxyl groups excluding tert-OH is 1. The molecule has 0 aliphatic rings. The average Bonchev–Trinajstić information content (AvgIpc) is 2.36. The van der Waals surface area contributed by atoms with Gasteiger partial charge in [0.25, 0.3) is 5.91 Å². The normalized spacial score (nSPS) is 11.1. The molecule has 0 saturated heterocycles. The van der Waals surface area contributed by atoms with Gasteiger partial charge < -0.3 is 15.2 Å². The van der Waals surface area contributed by atoms with Gasteiger partial charge in [-0.15, -0.1) is 0 Å². The molecule has 0 atom stereocenters. The Balaban J connectivity index is 2.99. The molecule has 0 saturated carbocycles. The zero-order valence-electron chi connectivity index (χ0n) is 9.95. The predicted molar refractivity (Wildman–Crippen MR) is 61.6 cm³/mol. The Morgan fingerprint density at radius 2 is 2.11 bits per heavy atom. The van der Waals surface area contributed by atoms with Crippen LogP contribution in [-0.4, -0.2) is 30.8 Å². The minimum atomic E-state index is -3.69. The highest BCUT2D eigenvalue weighted by atomic mass is 19.3. The van der Waals surface area contributed by atoms with E-state index in [0.717, 1.165) is 6.07 Å². The van der Waals surface area contributed by atoms with E-state index in [1.54, 1.807) is 13.0 Å². The van der Waals surface area contributed by atoms with E-state index in [-0.39, 0.29) is 18.9 Å². The van der Waals surface area contributed by atoms with E-state index < -0.39 is 24.0 Å². The molecule has 0 aromatic heterocycles. The number of benzene rings is 1. The molecule has 1 rings (SSSR count). The minimum Gasteiger partial charge on any atom is -0.493 e. The fourth-order valence-corrected chi connectivity index (χ4v) is 1.41. The van der Waals surface area contributed by atoms with Gasteiger partial charge in [0, 0.05) is 6.54 Å². The number of nitrogens with one attached hydrogen (secondary N) is 1. The van der Waals surface area contributed by atoms with E-state index in [2.05, 4.69) is 0 Å². The first kappa shape index (κ1) is 14.4. The Morgan fingerprint density at radius 3 is 2.72 bits per heavy atom. The molecular formula is C12H15F2NO3. The van der Waals surface area contributed by atoms with Gasteiger partial charge in [-0.2, -0.15) is 8.78 Å². The highest BCUT2D eigenvalue weighted by Gasteiger charge is 2.42. The molecule has 2 N–H and O–H groups in total. The molecule has 18 heavy (non-hydrogen) atoms. The number of halogens is 2. The standard InChI is InChI=1S/C12H15F2NO3/c1-2-18-10-6-4-3-5-9(10)12(13,14)11(17)15-7-8-16/h3-6,16H,2,7-8H2,1H3,(H,15,17). The molecule has 0 aliphatic carbocycles. The molecule has 4 nitrogen and oxygen atoms in total. The Kier molecular flexibility index (Phi) is 5.03. The Labute approximate surface area is 104 Å². The maximum Gasteiger partial charge on any atom is 0.353 e. The van der Waals surface area contributed by atoms with Gasteiger partial charge in [0.2, 0.25) is 0 Å². The second-order valence-electron chi connectivity index (χ2n) is 3.48. The molecular weight excluding hydrogens is 244 g/mol. The lowest BCUT2D eigenvalue weighted by Crippen LogP contribution is -2.39. The molecule has 1 aromatic rings. The first-order valence-corrected chi connectivity index (χ1v) is 5.53. The van der Waals surface area contributed by atoms with Crippen molar-refractivity contribution < 1.29 is 23.4 Å². The first-order valence-electron chi connectivity index (χ1n) is 5.53. The zero-order chi connectivity index (χ0) is 13.6. The molecule has 0 fully saturated rings. The maximum atomic E-state index is 13.9. The van der Waals surface area contributed by atoms with E-state index in [9.17, 15) is 13.6 Å². The average molecular weight is 259 g/mol. The van der Waals surface area contributed by atoms with Crippen LogP contribution in [0.25, 0.3) is 0 Å². The molecule has 0 bridgehead atoms. The van der Waals surface area contributed by atoms with Crippen molar-refractivity contribution >= 4 is 5.91 Å². The number of aliphatic hydroxyl groups is 1. The lowest BCUT2D eigenvalue weighted by molar-refractivity contribution is -0.147.